The van der Waals surface area contributed by atoms with E-state index in [0.717, 1.165) is 0 Å². The van der Waals surface area contributed by atoms with Gasteiger partial charge >= 0.3 is 12.1 Å². The van der Waals surface area contributed by atoms with Crippen LogP contribution >= 0.6 is 11.6 Å². The van der Waals surface area contributed by atoms with Crippen LogP contribution in [0.5, 0.6) is 0 Å². The number of halogens is 4. The van der Waals surface area contributed by atoms with Crippen LogP contribution in [0.4, 0.5) is 13.2 Å². The number of esters is 1. The molecule has 5 nitrogen and oxygen atoms in total. The topological polar surface area (TPSA) is 65.2 Å². The first-order chi connectivity index (χ1) is 9.38. The van der Waals surface area contributed by atoms with Crippen molar-refractivity contribution in [2.24, 2.45) is 0 Å². The Morgan fingerprint density at radius 2 is 2.20 bits per heavy atom. The number of hydrogen-bond acceptors (Lipinski definition) is 5. The Morgan fingerprint density at radius 3 is 2.80 bits per heavy atom. The fourth-order valence-corrected chi connectivity index (χ4v) is 1.46. The number of rotatable bonds is 3. The van der Waals surface area contributed by atoms with E-state index in [0.29, 0.717) is 12.3 Å². The molecule has 0 radical (unpaired) electrons. The van der Waals surface area contributed by atoms with Gasteiger partial charge < -0.3 is 9.26 Å². The van der Waals surface area contributed by atoms with Gasteiger partial charge in [0.2, 0.25) is 0 Å². The maximum atomic E-state index is 12.5. The van der Waals surface area contributed by atoms with Crippen molar-refractivity contribution in [3.8, 4) is 0 Å². The van der Waals surface area contributed by atoms with Gasteiger partial charge in [0.1, 0.15) is 5.15 Å². The molecule has 0 spiro atoms. The van der Waals surface area contributed by atoms with Crippen molar-refractivity contribution < 1.29 is 27.2 Å². The molecule has 2 aromatic rings. The molecule has 0 bridgehead atoms. The van der Waals surface area contributed by atoms with Gasteiger partial charge in [0.05, 0.1) is 17.3 Å². The van der Waals surface area contributed by atoms with Gasteiger partial charge in [0.25, 0.3) is 0 Å². The largest absolute Gasteiger partial charge is 0.454 e. The average molecular weight is 307 g/mol. The summed E-state index contributed by atoms with van der Waals surface area (Å²) >= 11 is 5.59. The number of pyridine rings is 1. The monoisotopic (exact) mass is 306 g/mol. The number of hydrogen-bond donors (Lipinski definition) is 0. The summed E-state index contributed by atoms with van der Waals surface area (Å²) in [5.41, 5.74) is -1.56. The van der Waals surface area contributed by atoms with Crippen molar-refractivity contribution in [3.63, 3.8) is 0 Å². The van der Waals surface area contributed by atoms with E-state index in [4.69, 9.17) is 16.3 Å². The molecule has 0 amide bonds. The average Bonchev–Trinajstić information content (AvgIpc) is 2.88. The first-order valence-corrected chi connectivity index (χ1v) is 5.55. The maximum Gasteiger partial charge on any atom is 0.417 e. The third-order valence-corrected chi connectivity index (χ3v) is 2.52. The molecule has 106 valence electrons. The molecule has 0 aromatic carbocycles. The van der Waals surface area contributed by atoms with Crippen molar-refractivity contribution in [2.75, 3.05) is 0 Å². The summed E-state index contributed by atoms with van der Waals surface area (Å²) in [6.07, 6.45) is -2.75. The molecule has 0 aliphatic rings. The van der Waals surface area contributed by atoms with E-state index in [-0.39, 0.29) is 17.5 Å². The zero-order chi connectivity index (χ0) is 14.8. The number of carbonyl (C=O) groups is 1. The van der Waals surface area contributed by atoms with Gasteiger partial charge in [-0.2, -0.15) is 13.2 Å². The third kappa shape index (κ3) is 3.27. The molecule has 0 aliphatic carbocycles. The molecule has 2 heterocycles. The summed E-state index contributed by atoms with van der Waals surface area (Å²) in [4.78, 5) is 15.0. The quantitative estimate of drug-likeness (QED) is 0.644. The lowest BCUT2D eigenvalue weighted by Crippen LogP contribution is -2.11. The van der Waals surface area contributed by atoms with Crippen LogP contribution in [-0.4, -0.2) is 16.1 Å². The summed E-state index contributed by atoms with van der Waals surface area (Å²) in [5.74, 6) is -0.792. The molecule has 0 N–H and O–H groups in total. The van der Waals surface area contributed by atoms with E-state index >= 15 is 0 Å². The van der Waals surface area contributed by atoms with Crippen molar-refractivity contribution in [3.05, 3.63) is 46.6 Å². The second-order valence-electron chi connectivity index (χ2n) is 3.62. The molecule has 0 atom stereocenters. The lowest BCUT2D eigenvalue weighted by atomic mass is 10.2. The molecule has 0 unspecified atom stereocenters. The van der Waals surface area contributed by atoms with Gasteiger partial charge in [-0.05, 0) is 6.07 Å². The molecule has 2 aromatic heterocycles. The minimum atomic E-state index is -4.63. The number of nitrogens with zero attached hydrogens (tertiary/aromatic N) is 2. The van der Waals surface area contributed by atoms with Crippen molar-refractivity contribution in [1.29, 1.82) is 0 Å². The van der Waals surface area contributed by atoms with E-state index in [9.17, 15) is 18.0 Å². The van der Waals surface area contributed by atoms with Gasteiger partial charge in [0.15, 0.2) is 12.4 Å². The molecule has 0 fully saturated rings. The van der Waals surface area contributed by atoms with Crippen LogP contribution in [0.2, 0.25) is 5.15 Å². The highest BCUT2D eigenvalue weighted by molar-refractivity contribution is 6.32. The van der Waals surface area contributed by atoms with E-state index in [1.54, 1.807) is 0 Å². The third-order valence-electron chi connectivity index (χ3n) is 2.22. The van der Waals surface area contributed by atoms with Crippen molar-refractivity contribution >= 4 is 17.6 Å². The standard InChI is InChI=1S/C11H6ClF3N2O3/c12-9-8(3-6(4-16-9)11(13,14)15)10(18)19-5-7-1-2-17-20-7/h1-4H,5H2. The fraction of sp³-hybridized carbons (Fsp3) is 0.182. The zero-order valence-electron chi connectivity index (χ0n) is 9.65. The Bertz CT molecular complexity index is 614. The number of aromatic nitrogens is 2. The first kappa shape index (κ1) is 14.3. The highest BCUT2D eigenvalue weighted by atomic mass is 35.5. The van der Waals surface area contributed by atoms with Crippen molar-refractivity contribution in [2.45, 2.75) is 12.8 Å². The van der Waals surface area contributed by atoms with Crippen LogP contribution in [-0.2, 0) is 17.5 Å². The first-order valence-electron chi connectivity index (χ1n) is 5.17. The SMILES string of the molecule is O=C(OCc1ccno1)c1cc(C(F)(F)F)cnc1Cl. The maximum absolute atomic E-state index is 12.5. The van der Waals surface area contributed by atoms with Crippen LogP contribution in [0.15, 0.2) is 29.0 Å². The summed E-state index contributed by atoms with van der Waals surface area (Å²) in [7, 11) is 0. The van der Waals surface area contributed by atoms with Gasteiger partial charge in [-0.3, -0.25) is 0 Å². The van der Waals surface area contributed by atoms with E-state index in [2.05, 4.69) is 14.7 Å². The van der Waals surface area contributed by atoms with Crippen LogP contribution in [0.25, 0.3) is 0 Å². The van der Waals surface area contributed by atoms with Crippen LogP contribution in [0.3, 0.4) is 0 Å². The minimum Gasteiger partial charge on any atom is -0.454 e. The van der Waals surface area contributed by atoms with E-state index in [1.807, 2.05) is 0 Å². The summed E-state index contributed by atoms with van der Waals surface area (Å²) < 4.78 is 47.0. The molecule has 0 saturated carbocycles. The van der Waals surface area contributed by atoms with Crippen LogP contribution < -0.4 is 0 Å². The van der Waals surface area contributed by atoms with E-state index < -0.39 is 23.3 Å². The summed E-state index contributed by atoms with van der Waals surface area (Å²) in [5, 5.41) is 3.01. The lowest BCUT2D eigenvalue weighted by Gasteiger charge is -2.09. The zero-order valence-corrected chi connectivity index (χ0v) is 10.4. The van der Waals surface area contributed by atoms with Gasteiger partial charge in [-0.25, -0.2) is 9.78 Å². The van der Waals surface area contributed by atoms with Crippen molar-refractivity contribution in [1.82, 2.24) is 10.1 Å². The molecule has 0 aliphatic heterocycles. The van der Waals surface area contributed by atoms with E-state index in [1.165, 1.54) is 12.3 Å². The molecule has 0 saturated heterocycles. The Kier molecular flexibility index (Phi) is 3.93. The normalized spacial score (nSPS) is 11.4. The van der Waals surface area contributed by atoms with Crippen LogP contribution in [0, 0.1) is 0 Å². The molecular formula is C11H6ClF3N2O3. The highest BCUT2D eigenvalue weighted by Gasteiger charge is 2.32. The minimum absolute atomic E-state index is 0.245. The predicted octanol–water partition coefficient (Wildman–Crippen LogP) is 3.10. The summed E-state index contributed by atoms with van der Waals surface area (Å²) in [6, 6.07) is 2.03. The number of carbonyl (C=O) groups excluding carboxylic acids is 1. The number of alkyl halides is 3. The number of ether oxygens (including phenoxy) is 1. The molecule has 9 heteroatoms. The molecule has 2 rings (SSSR count). The Labute approximate surface area is 115 Å². The predicted molar refractivity (Wildman–Crippen MR) is 59.9 cm³/mol. The Balaban J connectivity index is 2.16. The highest BCUT2D eigenvalue weighted by Crippen LogP contribution is 2.30. The molecule has 20 heavy (non-hydrogen) atoms. The second-order valence-corrected chi connectivity index (χ2v) is 3.97. The van der Waals surface area contributed by atoms with Gasteiger partial charge in [-0.1, -0.05) is 16.8 Å². The Morgan fingerprint density at radius 1 is 1.45 bits per heavy atom. The second kappa shape index (κ2) is 5.49. The van der Waals surface area contributed by atoms with Crippen LogP contribution in [0.1, 0.15) is 21.7 Å². The molecular weight excluding hydrogens is 301 g/mol. The Hall–Kier alpha value is -2.09. The van der Waals surface area contributed by atoms with Gasteiger partial charge in [-0.15, -0.1) is 0 Å². The van der Waals surface area contributed by atoms with Gasteiger partial charge in [0, 0.05) is 12.3 Å². The smallest absolute Gasteiger partial charge is 0.417 e. The summed E-state index contributed by atoms with van der Waals surface area (Å²) in [6.45, 7) is -0.272. The lowest BCUT2D eigenvalue weighted by molar-refractivity contribution is -0.137. The fourth-order valence-electron chi connectivity index (χ4n) is 1.28.